The van der Waals surface area contributed by atoms with E-state index in [2.05, 4.69) is 19.2 Å². The number of piperidine rings is 1. The van der Waals surface area contributed by atoms with E-state index < -0.39 is 0 Å². The van der Waals surface area contributed by atoms with E-state index in [0.717, 1.165) is 36.1 Å². The number of fused-ring (bicyclic) bond motifs is 1. The fraction of sp³-hybridized carbons (Fsp3) is 0.414. The molecular weight excluding hydrogens is 484 g/mol. The summed E-state index contributed by atoms with van der Waals surface area (Å²) in [4.78, 5) is 45.3. The Kier molecular flexibility index (Phi) is 7.55. The van der Waals surface area contributed by atoms with Gasteiger partial charge in [0.2, 0.25) is 5.91 Å². The van der Waals surface area contributed by atoms with Gasteiger partial charge >= 0.3 is 6.03 Å². The van der Waals surface area contributed by atoms with Crippen molar-refractivity contribution in [2.45, 2.75) is 51.1 Å². The number of nitrogens with zero attached hydrogens (tertiary/aromatic N) is 3. The smallest absolute Gasteiger partial charge is 0.322 e. The molecule has 0 radical (unpaired) electrons. The van der Waals surface area contributed by atoms with Gasteiger partial charge in [-0.25, -0.2) is 4.79 Å². The van der Waals surface area contributed by atoms with Gasteiger partial charge in [0, 0.05) is 44.0 Å². The number of likely N-dealkylation sites (tertiary alicyclic amines) is 1. The van der Waals surface area contributed by atoms with Crippen LogP contribution in [0, 0.1) is 5.92 Å². The van der Waals surface area contributed by atoms with Gasteiger partial charge < -0.3 is 20.0 Å². The standard InChI is InChI=1S/C29H34N4O3S/c1-20(2)12-17-32-27(35)25(37-28(32)21-8-4-3-5-9-21)18-26(34)31-15-13-23(14-16-31)33-19-22-10-6-7-11-24(22)30-29(33)36/h3-11,18,20,23,28H,12-17,19H2,1-2H3,(H,30,36)/b25-18-. The van der Waals surface area contributed by atoms with Crippen LogP contribution in [0.1, 0.15) is 49.6 Å². The van der Waals surface area contributed by atoms with Gasteiger partial charge in [0.1, 0.15) is 5.37 Å². The largest absolute Gasteiger partial charge is 0.339 e. The molecule has 3 aliphatic heterocycles. The Labute approximate surface area is 222 Å². The van der Waals surface area contributed by atoms with E-state index >= 15 is 0 Å². The maximum absolute atomic E-state index is 13.3. The maximum atomic E-state index is 13.3. The Hall–Kier alpha value is -3.26. The van der Waals surface area contributed by atoms with E-state index in [1.807, 2.05) is 64.4 Å². The molecule has 0 aliphatic carbocycles. The molecule has 4 amide bonds. The lowest BCUT2D eigenvalue weighted by atomic mass is 10.0. The van der Waals surface area contributed by atoms with Crippen molar-refractivity contribution in [1.29, 1.82) is 0 Å². The zero-order valence-electron chi connectivity index (χ0n) is 21.4. The highest BCUT2D eigenvalue weighted by atomic mass is 32.2. The average Bonchev–Trinajstić information content (AvgIpc) is 3.22. The minimum absolute atomic E-state index is 0.0635. The molecule has 7 nitrogen and oxygen atoms in total. The Morgan fingerprint density at radius 2 is 1.76 bits per heavy atom. The van der Waals surface area contributed by atoms with Gasteiger partial charge in [0.25, 0.3) is 5.91 Å². The second kappa shape index (κ2) is 11.0. The maximum Gasteiger partial charge on any atom is 0.322 e. The van der Waals surface area contributed by atoms with Crippen LogP contribution in [0.15, 0.2) is 65.6 Å². The quantitative estimate of drug-likeness (QED) is 0.532. The molecule has 1 atom stereocenters. The molecular formula is C29H34N4O3S. The summed E-state index contributed by atoms with van der Waals surface area (Å²) >= 11 is 1.47. The van der Waals surface area contributed by atoms with Gasteiger partial charge in [-0.15, -0.1) is 0 Å². The number of thioether (sulfide) groups is 1. The Morgan fingerprint density at radius 3 is 2.49 bits per heavy atom. The molecule has 0 bridgehead atoms. The fourth-order valence-electron chi connectivity index (χ4n) is 5.18. The summed E-state index contributed by atoms with van der Waals surface area (Å²) in [5.74, 6) is 0.298. The van der Waals surface area contributed by atoms with Gasteiger partial charge in [-0.2, -0.15) is 0 Å². The summed E-state index contributed by atoms with van der Waals surface area (Å²) in [6.45, 7) is 6.69. The summed E-state index contributed by atoms with van der Waals surface area (Å²) in [7, 11) is 0. The monoisotopic (exact) mass is 518 g/mol. The van der Waals surface area contributed by atoms with Crippen LogP contribution in [0.5, 0.6) is 0 Å². The normalized spacial score (nSPS) is 21.5. The number of nitrogens with one attached hydrogen (secondary N) is 1. The van der Waals surface area contributed by atoms with E-state index in [1.54, 1.807) is 4.90 Å². The molecule has 0 spiro atoms. The van der Waals surface area contributed by atoms with Crippen LogP contribution in [0.25, 0.3) is 0 Å². The summed E-state index contributed by atoms with van der Waals surface area (Å²) in [6.07, 6.45) is 3.89. The highest BCUT2D eigenvalue weighted by Crippen LogP contribution is 2.45. The Bertz CT molecular complexity index is 1190. The van der Waals surface area contributed by atoms with Crippen molar-refractivity contribution in [2.24, 2.45) is 5.92 Å². The fourth-order valence-corrected chi connectivity index (χ4v) is 6.43. The molecule has 194 valence electrons. The minimum Gasteiger partial charge on any atom is -0.339 e. The SMILES string of the molecule is CC(C)CCN1C(=O)/C(=C/C(=O)N2CCC(N3Cc4ccccc4NC3=O)CC2)SC1c1ccccc1. The highest BCUT2D eigenvalue weighted by Gasteiger charge is 2.38. The molecule has 2 saturated heterocycles. The average molecular weight is 519 g/mol. The Morgan fingerprint density at radius 1 is 1.05 bits per heavy atom. The van der Waals surface area contributed by atoms with Crippen molar-refractivity contribution in [3.63, 3.8) is 0 Å². The topological polar surface area (TPSA) is 73.0 Å². The lowest BCUT2D eigenvalue weighted by molar-refractivity contribution is -0.129. The van der Waals surface area contributed by atoms with Crippen LogP contribution in [0.3, 0.4) is 0 Å². The second-order valence-corrected chi connectivity index (χ2v) is 11.5. The number of benzene rings is 2. The van der Waals surface area contributed by atoms with Crippen molar-refractivity contribution in [2.75, 3.05) is 25.0 Å². The molecule has 1 unspecified atom stereocenters. The van der Waals surface area contributed by atoms with Crippen LogP contribution in [-0.2, 0) is 16.1 Å². The summed E-state index contributed by atoms with van der Waals surface area (Å²) in [5.41, 5.74) is 3.05. The van der Waals surface area contributed by atoms with Crippen LogP contribution < -0.4 is 5.32 Å². The van der Waals surface area contributed by atoms with Crippen LogP contribution in [0.2, 0.25) is 0 Å². The molecule has 1 N–H and O–H groups in total. The summed E-state index contributed by atoms with van der Waals surface area (Å²) in [6, 6.07) is 17.9. The number of para-hydroxylation sites is 1. The van der Waals surface area contributed by atoms with Crippen molar-refractivity contribution in [3.05, 3.63) is 76.7 Å². The number of hydrogen-bond donors (Lipinski definition) is 1. The Balaban J connectivity index is 1.23. The number of carbonyl (C=O) groups excluding carboxylic acids is 3. The van der Waals surface area contributed by atoms with E-state index in [0.29, 0.717) is 37.0 Å². The van der Waals surface area contributed by atoms with E-state index in [9.17, 15) is 14.4 Å². The number of hydrogen-bond acceptors (Lipinski definition) is 4. The summed E-state index contributed by atoms with van der Waals surface area (Å²) in [5, 5.41) is 2.87. The van der Waals surface area contributed by atoms with E-state index in [4.69, 9.17) is 0 Å². The van der Waals surface area contributed by atoms with E-state index in [1.165, 1.54) is 17.8 Å². The van der Waals surface area contributed by atoms with Gasteiger partial charge in [0.15, 0.2) is 0 Å². The number of rotatable bonds is 6. The van der Waals surface area contributed by atoms with Gasteiger partial charge in [0.05, 0.1) is 4.91 Å². The van der Waals surface area contributed by atoms with Gasteiger partial charge in [-0.1, -0.05) is 74.1 Å². The van der Waals surface area contributed by atoms with Crippen molar-refractivity contribution in [3.8, 4) is 0 Å². The molecule has 2 fully saturated rings. The predicted molar refractivity (Wildman–Crippen MR) is 147 cm³/mol. The molecule has 3 heterocycles. The van der Waals surface area contributed by atoms with Crippen molar-refractivity contribution in [1.82, 2.24) is 14.7 Å². The number of urea groups is 1. The third kappa shape index (κ3) is 5.54. The third-order valence-electron chi connectivity index (χ3n) is 7.36. The first-order chi connectivity index (χ1) is 17.9. The van der Waals surface area contributed by atoms with E-state index in [-0.39, 0.29) is 29.3 Å². The highest BCUT2D eigenvalue weighted by molar-refractivity contribution is 8.04. The molecule has 3 aliphatic rings. The third-order valence-corrected chi connectivity index (χ3v) is 8.65. The molecule has 5 rings (SSSR count). The molecule has 37 heavy (non-hydrogen) atoms. The summed E-state index contributed by atoms with van der Waals surface area (Å²) < 4.78 is 0. The van der Waals surface area contributed by atoms with Gasteiger partial charge in [-0.3, -0.25) is 9.59 Å². The second-order valence-electron chi connectivity index (χ2n) is 10.3. The molecule has 2 aromatic carbocycles. The zero-order chi connectivity index (χ0) is 25.9. The molecule has 8 heteroatoms. The van der Waals surface area contributed by atoms with Crippen molar-refractivity contribution >= 4 is 35.3 Å². The lowest BCUT2D eigenvalue weighted by Gasteiger charge is -2.40. The molecule has 2 aromatic rings. The minimum atomic E-state index is -0.125. The first-order valence-electron chi connectivity index (χ1n) is 13.1. The van der Waals surface area contributed by atoms with Crippen molar-refractivity contribution < 1.29 is 14.4 Å². The number of amides is 4. The molecule has 0 aromatic heterocycles. The number of anilines is 1. The zero-order valence-corrected chi connectivity index (χ0v) is 22.2. The van der Waals surface area contributed by atoms with Crippen LogP contribution in [0.4, 0.5) is 10.5 Å². The van der Waals surface area contributed by atoms with Crippen LogP contribution >= 0.6 is 11.8 Å². The predicted octanol–water partition coefficient (Wildman–Crippen LogP) is 5.23. The first kappa shape index (κ1) is 25.4. The molecule has 0 saturated carbocycles. The van der Waals surface area contributed by atoms with Gasteiger partial charge in [-0.05, 0) is 42.4 Å². The van der Waals surface area contributed by atoms with Crippen LogP contribution in [-0.4, -0.2) is 58.2 Å². The lowest BCUT2D eigenvalue weighted by Crippen LogP contribution is -2.50. The number of carbonyl (C=O) groups is 3. The first-order valence-corrected chi connectivity index (χ1v) is 14.0.